The molecule has 1 aliphatic carbocycles. The SMILES string of the molecule is CC(C1CC1)N(C)CC(N)(C#N)c1ccccc1. The molecule has 0 amide bonds. The summed E-state index contributed by atoms with van der Waals surface area (Å²) < 4.78 is 0. The highest BCUT2D eigenvalue weighted by atomic mass is 15.2. The van der Waals surface area contributed by atoms with Crippen molar-refractivity contribution >= 4 is 0 Å². The van der Waals surface area contributed by atoms with Crippen molar-refractivity contribution in [3.8, 4) is 6.07 Å². The summed E-state index contributed by atoms with van der Waals surface area (Å²) in [6, 6.07) is 12.4. The zero-order valence-electron chi connectivity index (χ0n) is 11.1. The summed E-state index contributed by atoms with van der Waals surface area (Å²) in [6.45, 7) is 2.80. The second kappa shape index (κ2) is 5.09. The van der Waals surface area contributed by atoms with E-state index in [1.807, 2.05) is 30.3 Å². The third-order valence-electron chi connectivity index (χ3n) is 3.99. The van der Waals surface area contributed by atoms with Crippen LogP contribution in [0.25, 0.3) is 0 Å². The van der Waals surface area contributed by atoms with E-state index in [1.54, 1.807) is 0 Å². The van der Waals surface area contributed by atoms with Gasteiger partial charge < -0.3 is 10.6 Å². The number of nitrogens with zero attached hydrogens (tertiary/aromatic N) is 2. The molecule has 1 fully saturated rings. The minimum absolute atomic E-state index is 0.505. The van der Waals surface area contributed by atoms with Gasteiger partial charge in [0.25, 0.3) is 0 Å². The van der Waals surface area contributed by atoms with Crippen molar-refractivity contribution in [2.45, 2.75) is 31.3 Å². The van der Waals surface area contributed by atoms with Crippen molar-refractivity contribution in [2.24, 2.45) is 11.7 Å². The first-order valence-corrected chi connectivity index (χ1v) is 6.53. The van der Waals surface area contributed by atoms with Crippen LogP contribution in [0, 0.1) is 17.2 Å². The first kappa shape index (κ1) is 13.1. The van der Waals surface area contributed by atoms with E-state index in [1.165, 1.54) is 12.8 Å². The average Bonchev–Trinajstić information content (AvgIpc) is 3.23. The Morgan fingerprint density at radius 3 is 2.56 bits per heavy atom. The fourth-order valence-electron chi connectivity index (χ4n) is 2.40. The van der Waals surface area contributed by atoms with Gasteiger partial charge >= 0.3 is 0 Å². The molecule has 1 saturated carbocycles. The summed E-state index contributed by atoms with van der Waals surface area (Å²) in [5, 5.41) is 9.42. The van der Waals surface area contributed by atoms with Gasteiger partial charge in [0, 0.05) is 12.6 Å². The number of nitriles is 1. The van der Waals surface area contributed by atoms with Gasteiger partial charge in [-0.05, 0) is 38.3 Å². The first-order valence-electron chi connectivity index (χ1n) is 6.53. The van der Waals surface area contributed by atoms with Gasteiger partial charge in [-0.25, -0.2) is 0 Å². The molecule has 1 aromatic carbocycles. The van der Waals surface area contributed by atoms with Crippen molar-refractivity contribution in [1.82, 2.24) is 4.90 Å². The molecule has 3 heteroatoms. The zero-order valence-corrected chi connectivity index (χ0v) is 11.1. The minimum atomic E-state index is -0.918. The zero-order chi connectivity index (χ0) is 13.2. The molecule has 0 radical (unpaired) electrons. The average molecular weight is 243 g/mol. The van der Waals surface area contributed by atoms with E-state index in [-0.39, 0.29) is 0 Å². The molecule has 2 N–H and O–H groups in total. The molecule has 0 heterocycles. The molecule has 0 saturated heterocycles. The minimum Gasteiger partial charge on any atom is -0.309 e. The molecule has 1 aliphatic rings. The van der Waals surface area contributed by atoms with Crippen molar-refractivity contribution in [1.29, 1.82) is 5.26 Å². The van der Waals surface area contributed by atoms with E-state index in [0.29, 0.717) is 12.6 Å². The lowest BCUT2D eigenvalue weighted by Gasteiger charge is -2.32. The maximum Gasteiger partial charge on any atom is 0.142 e. The van der Waals surface area contributed by atoms with Gasteiger partial charge in [-0.2, -0.15) is 5.26 Å². The number of rotatable bonds is 5. The Bertz CT molecular complexity index is 433. The normalized spacial score (nSPS) is 20.2. The van der Waals surface area contributed by atoms with Crippen LogP contribution in [-0.4, -0.2) is 24.5 Å². The Balaban J connectivity index is 2.11. The topological polar surface area (TPSA) is 53.0 Å². The fourth-order valence-corrected chi connectivity index (χ4v) is 2.40. The van der Waals surface area contributed by atoms with E-state index in [4.69, 9.17) is 5.73 Å². The van der Waals surface area contributed by atoms with Gasteiger partial charge in [0.05, 0.1) is 6.07 Å². The van der Waals surface area contributed by atoms with Crippen LogP contribution in [0.1, 0.15) is 25.3 Å². The van der Waals surface area contributed by atoms with E-state index in [9.17, 15) is 5.26 Å². The Labute approximate surface area is 109 Å². The number of likely N-dealkylation sites (N-methyl/N-ethyl adjacent to an activating group) is 1. The van der Waals surface area contributed by atoms with Crippen LogP contribution in [0.2, 0.25) is 0 Å². The molecule has 2 unspecified atom stereocenters. The van der Waals surface area contributed by atoms with E-state index in [2.05, 4.69) is 24.9 Å². The lowest BCUT2D eigenvalue weighted by atomic mass is 9.91. The molecule has 0 spiro atoms. The molecule has 3 nitrogen and oxygen atoms in total. The highest BCUT2D eigenvalue weighted by molar-refractivity contribution is 5.31. The first-order chi connectivity index (χ1) is 8.57. The number of hydrogen-bond donors (Lipinski definition) is 1. The smallest absolute Gasteiger partial charge is 0.142 e. The molecule has 2 rings (SSSR count). The van der Waals surface area contributed by atoms with Crippen molar-refractivity contribution in [3.63, 3.8) is 0 Å². The molecule has 96 valence electrons. The van der Waals surface area contributed by atoms with E-state index < -0.39 is 5.54 Å². The van der Waals surface area contributed by atoms with Crippen molar-refractivity contribution in [3.05, 3.63) is 35.9 Å². The maximum atomic E-state index is 9.42. The molecule has 2 atom stereocenters. The highest BCUT2D eigenvalue weighted by Gasteiger charge is 2.35. The molecule has 18 heavy (non-hydrogen) atoms. The molecular weight excluding hydrogens is 222 g/mol. The van der Waals surface area contributed by atoms with Gasteiger partial charge in [-0.1, -0.05) is 30.3 Å². The summed E-state index contributed by atoms with van der Waals surface area (Å²) in [7, 11) is 2.06. The second-order valence-corrected chi connectivity index (χ2v) is 5.44. The maximum absolute atomic E-state index is 9.42. The van der Waals surface area contributed by atoms with Crippen LogP contribution in [0.3, 0.4) is 0 Å². The molecule has 0 aromatic heterocycles. The third-order valence-corrected chi connectivity index (χ3v) is 3.99. The Morgan fingerprint density at radius 2 is 2.06 bits per heavy atom. The fraction of sp³-hybridized carbons (Fsp3) is 0.533. The van der Waals surface area contributed by atoms with Crippen LogP contribution in [0.4, 0.5) is 0 Å². The summed E-state index contributed by atoms with van der Waals surface area (Å²) in [5.74, 6) is 0.786. The third kappa shape index (κ3) is 2.72. The Kier molecular flexibility index (Phi) is 3.70. The summed E-state index contributed by atoms with van der Waals surface area (Å²) in [5.41, 5.74) is 6.25. The standard InChI is InChI=1S/C15H21N3/c1-12(13-8-9-13)18(2)11-15(17,10-16)14-6-4-3-5-7-14/h3-7,12-13H,8-9,11,17H2,1-2H3. The largest absolute Gasteiger partial charge is 0.309 e. The quantitative estimate of drug-likeness (QED) is 0.861. The van der Waals surface area contributed by atoms with Crippen molar-refractivity contribution in [2.75, 3.05) is 13.6 Å². The van der Waals surface area contributed by atoms with Crippen LogP contribution >= 0.6 is 0 Å². The van der Waals surface area contributed by atoms with Gasteiger partial charge in [-0.15, -0.1) is 0 Å². The monoisotopic (exact) mass is 243 g/mol. The predicted molar refractivity (Wildman–Crippen MR) is 72.7 cm³/mol. The lowest BCUT2D eigenvalue weighted by molar-refractivity contribution is 0.202. The summed E-state index contributed by atoms with van der Waals surface area (Å²) in [4.78, 5) is 2.22. The van der Waals surface area contributed by atoms with Crippen LogP contribution < -0.4 is 5.73 Å². The molecule has 0 bridgehead atoms. The number of benzene rings is 1. The van der Waals surface area contributed by atoms with Gasteiger partial charge in [0.15, 0.2) is 0 Å². The van der Waals surface area contributed by atoms with Crippen molar-refractivity contribution < 1.29 is 0 Å². The lowest BCUT2D eigenvalue weighted by Crippen LogP contribution is -2.48. The molecule has 1 aromatic rings. The van der Waals surface area contributed by atoms with Gasteiger partial charge in [0.1, 0.15) is 5.54 Å². The van der Waals surface area contributed by atoms with Crippen LogP contribution in [0.5, 0.6) is 0 Å². The van der Waals surface area contributed by atoms with Gasteiger partial charge in [-0.3, -0.25) is 0 Å². The highest BCUT2D eigenvalue weighted by Crippen LogP contribution is 2.35. The second-order valence-electron chi connectivity index (χ2n) is 5.44. The molecular formula is C15H21N3. The number of hydrogen-bond acceptors (Lipinski definition) is 3. The number of nitrogens with two attached hydrogens (primary N) is 1. The predicted octanol–water partition coefficient (Wildman–Crippen LogP) is 2.09. The van der Waals surface area contributed by atoms with E-state index >= 15 is 0 Å². The van der Waals surface area contributed by atoms with E-state index in [0.717, 1.165) is 11.5 Å². The summed E-state index contributed by atoms with van der Waals surface area (Å²) in [6.07, 6.45) is 2.61. The Hall–Kier alpha value is -1.37. The summed E-state index contributed by atoms with van der Waals surface area (Å²) >= 11 is 0. The van der Waals surface area contributed by atoms with Crippen LogP contribution in [-0.2, 0) is 5.54 Å². The van der Waals surface area contributed by atoms with Gasteiger partial charge in [0.2, 0.25) is 0 Å². The Morgan fingerprint density at radius 1 is 1.44 bits per heavy atom. The van der Waals surface area contributed by atoms with Crippen LogP contribution in [0.15, 0.2) is 30.3 Å². The molecule has 0 aliphatic heterocycles.